The van der Waals surface area contributed by atoms with Gasteiger partial charge in [0.15, 0.2) is 0 Å². The third-order valence-electron chi connectivity index (χ3n) is 2.25. The number of hydrogen-bond donors (Lipinski definition) is 1. The van der Waals surface area contributed by atoms with Gasteiger partial charge < -0.3 is 5.73 Å². The van der Waals surface area contributed by atoms with E-state index in [1.165, 1.54) is 18.2 Å². The van der Waals surface area contributed by atoms with Crippen molar-refractivity contribution in [1.82, 2.24) is 0 Å². The van der Waals surface area contributed by atoms with Crippen molar-refractivity contribution in [2.45, 2.75) is 0 Å². The SMILES string of the molecule is Nc1ccc(-c2c(F)cccc2F)cc1F. The monoisotopic (exact) mass is 223 g/mol. The van der Waals surface area contributed by atoms with Gasteiger partial charge in [-0.1, -0.05) is 12.1 Å². The third kappa shape index (κ3) is 1.74. The highest BCUT2D eigenvalue weighted by atomic mass is 19.1. The number of hydrogen-bond acceptors (Lipinski definition) is 1. The Morgan fingerprint density at radius 2 is 1.44 bits per heavy atom. The molecule has 82 valence electrons. The molecule has 0 amide bonds. The molecule has 0 aromatic heterocycles. The average molecular weight is 223 g/mol. The Morgan fingerprint density at radius 3 is 2.00 bits per heavy atom. The van der Waals surface area contributed by atoms with Gasteiger partial charge in [0.25, 0.3) is 0 Å². The summed E-state index contributed by atoms with van der Waals surface area (Å²) in [6.07, 6.45) is 0. The first-order chi connectivity index (χ1) is 7.59. The van der Waals surface area contributed by atoms with Crippen LogP contribution in [0, 0.1) is 17.5 Å². The number of benzene rings is 2. The number of nitrogen functional groups attached to an aromatic ring is 1. The van der Waals surface area contributed by atoms with Gasteiger partial charge >= 0.3 is 0 Å². The summed E-state index contributed by atoms with van der Waals surface area (Å²) in [5.74, 6) is -2.16. The quantitative estimate of drug-likeness (QED) is 0.737. The second-order valence-corrected chi connectivity index (χ2v) is 3.33. The molecule has 2 aromatic rings. The van der Waals surface area contributed by atoms with Crippen LogP contribution >= 0.6 is 0 Å². The lowest BCUT2D eigenvalue weighted by Gasteiger charge is -2.06. The molecular formula is C12H8F3N. The summed E-state index contributed by atoms with van der Waals surface area (Å²) in [7, 11) is 0. The molecule has 0 atom stereocenters. The van der Waals surface area contributed by atoms with E-state index in [2.05, 4.69) is 0 Å². The van der Waals surface area contributed by atoms with Crippen molar-refractivity contribution in [2.24, 2.45) is 0 Å². The molecule has 16 heavy (non-hydrogen) atoms. The number of anilines is 1. The van der Waals surface area contributed by atoms with Crippen LogP contribution < -0.4 is 5.73 Å². The normalized spacial score (nSPS) is 10.4. The summed E-state index contributed by atoms with van der Waals surface area (Å²) >= 11 is 0. The molecule has 0 fully saturated rings. The van der Waals surface area contributed by atoms with E-state index < -0.39 is 17.5 Å². The van der Waals surface area contributed by atoms with Gasteiger partial charge in [0.05, 0.1) is 11.3 Å². The highest BCUT2D eigenvalue weighted by Crippen LogP contribution is 2.27. The lowest BCUT2D eigenvalue weighted by molar-refractivity contribution is 0.589. The lowest BCUT2D eigenvalue weighted by atomic mass is 10.0. The van der Waals surface area contributed by atoms with Gasteiger partial charge in [-0.05, 0) is 29.8 Å². The van der Waals surface area contributed by atoms with Gasteiger partial charge in [0, 0.05) is 0 Å². The van der Waals surface area contributed by atoms with Crippen LogP contribution in [0.2, 0.25) is 0 Å². The van der Waals surface area contributed by atoms with Crippen molar-refractivity contribution in [1.29, 1.82) is 0 Å². The standard InChI is InChI=1S/C12H8F3N/c13-8-2-1-3-9(14)12(8)7-4-5-11(16)10(15)6-7/h1-6H,16H2. The molecule has 1 nitrogen and oxygen atoms in total. The van der Waals surface area contributed by atoms with E-state index in [4.69, 9.17) is 5.73 Å². The first kappa shape index (κ1) is 10.5. The topological polar surface area (TPSA) is 26.0 Å². The van der Waals surface area contributed by atoms with E-state index in [-0.39, 0.29) is 16.8 Å². The van der Waals surface area contributed by atoms with Crippen LogP contribution in [0.1, 0.15) is 0 Å². The molecule has 0 unspecified atom stereocenters. The predicted octanol–water partition coefficient (Wildman–Crippen LogP) is 3.35. The molecule has 0 spiro atoms. The van der Waals surface area contributed by atoms with E-state index >= 15 is 0 Å². The Hall–Kier alpha value is -1.97. The second kappa shape index (κ2) is 3.89. The average Bonchev–Trinajstić information content (AvgIpc) is 2.23. The van der Waals surface area contributed by atoms with Gasteiger partial charge in [-0.2, -0.15) is 0 Å². The fraction of sp³-hybridized carbons (Fsp3) is 0. The van der Waals surface area contributed by atoms with Crippen molar-refractivity contribution in [3.05, 3.63) is 53.8 Å². The summed E-state index contributed by atoms with van der Waals surface area (Å²) in [5.41, 5.74) is 5.10. The van der Waals surface area contributed by atoms with Crippen molar-refractivity contribution >= 4 is 5.69 Å². The molecule has 0 aliphatic heterocycles. The highest BCUT2D eigenvalue weighted by molar-refractivity contribution is 5.67. The largest absolute Gasteiger partial charge is 0.396 e. The van der Waals surface area contributed by atoms with Gasteiger partial charge in [0.1, 0.15) is 17.5 Å². The van der Waals surface area contributed by atoms with Gasteiger partial charge in [-0.25, -0.2) is 13.2 Å². The van der Waals surface area contributed by atoms with E-state index in [9.17, 15) is 13.2 Å². The molecule has 2 N–H and O–H groups in total. The molecule has 0 bridgehead atoms. The maximum Gasteiger partial charge on any atom is 0.146 e. The molecule has 0 heterocycles. The fourth-order valence-corrected chi connectivity index (χ4v) is 1.46. The van der Waals surface area contributed by atoms with E-state index in [1.54, 1.807) is 0 Å². The van der Waals surface area contributed by atoms with Gasteiger partial charge in [-0.3, -0.25) is 0 Å². The zero-order chi connectivity index (χ0) is 11.7. The predicted molar refractivity (Wildman–Crippen MR) is 56.2 cm³/mol. The van der Waals surface area contributed by atoms with Crippen LogP contribution in [0.3, 0.4) is 0 Å². The summed E-state index contributed by atoms with van der Waals surface area (Å²) < 4.78 is 39.9. The zero-order valence-electron chi connectivity index (χ0n) is 8.18. The third-order valence-corrected chi connectivity index (χ3v) is 2.25. The van der Waals surface area contributed by atoms with Crippen LogP contribution in [0.15, 0.2) is 36.4 Å². The first-order valence-electron chi connectivity index (χ1n) is 4.59. The second-order valence-electron chi connectivity index (χ2n) is 3.33. The molecule has 0 saturated carbocycles. The van der Waals surface area contributed by atoms with Crippen molar-refractivity contribution in [3.63, 3.8) is 0 Å². The molecule has 2 rings (SSSR count). The summed E-state index contributed by atoms with van der Waals surface area (Å²) in [4.78, 5) is 0. The minimum Gasteiger partial charge on any atom is -0.396 e. The Balaban J connectivity index is 2.63. The van der Waals surface area contributed by atoms with E-state index in [1.807, 2.05) is 0 Å². The Morgan fingerprint density at radius 1 is 0.812 bits per heavy atom. The number of nitrogens with two attached hydrogens (primary N) is 1. The summed E-state index contributed by atoms with van der Waals surface area (Å²) in [6.45, 7) is 0. The molecule has 2 aromatic carbocycles. The fourth-order valence-electron chi connectivity index (χ4n) is 1.46. The summed E-state index contributed by atoms with van der Waals surface area (Å²) in [5, 5.41) is 0. The van der Waals surface area contributed by atoms with Crippen LogP contribution in [-0.4, -0.2) is 0 Å². The molecule has 0 aliphatic carbocycles. The van der Waals surface area contributed by atoms with Crippen molar-refractivity contribution in [3.8, 4) is 11.1 Å². The van der Waals surface area contributed by atoms with Crippen LogP contribution in [0.5, 0.6) is 0 Å². The minimum absolute atomic E-state index is 0.0551. The molecule has 0 aliphatic rings. The Labute approximate surface area is 90.3 Å². The van der Waals surface area contributed by atoms with Gasteiger partial charge in [-0.15, -0.1) is 0 Å². The summed E-state index contributed by atoms with van der Waals surface area (Å²) in [6, 6.07) is 7.15. The lowest BCUT2D eigenvalue weighted by Crippen LogP contribution is -1.93. The van der Waals surface area contributed by atoms with Crippen LogP contribution in [0.25, 0.3) is 11.1 Å². The molecule has 0 radical (unpaired) electrons. The van der Waals surface area contributed by atoms with Crippen LogP contribution in [-0.2, 0) is 0 Å². The first-order valence-corrected chi connectivity index (χ1v) is 4.59. The van der Waals surface area contributed by atoms with Crippen molar-refractivity contribution in [2.75, 3.05) is 5.73 Å². The number of halogens is 3. The zero-order valence-corrected chi connectivity index (χ0v) is 8.18. The van der Waals surface area contributed by atoms with Gasteiger partial charge in [0.2, 0.25) is 0 Å². The Kier molecular flexibility index (Phi) is 2.56. The van der Waals surface area contributed by atoms with E-state index in [0.717, 1.165) is 18.2 Å². The maximum absolute atomic E-state index is 13.4. The molecule has 0 saturated heterocycles. The van der Waals surface area contributed by atoms with Crippen molar-refractivity contribution < 1.29 is 13.2 Å². The molecular weight excluding hydrogens is 215 g/mol. The maximum atomic E-state index is 13.4. The smallest absolute Gasteiger partial charge is 0.146 e. The highest BCUT2D eigenvalue weighted by Gasteiger charge is 2.12. The minimum atomic E-state index is -0.732. The van der Waals surface area contributed by atoms with Crippen LogP contribution in [0.4, 0.5) is 18.9 Å². The number of rotatable bonds is 1. The van der Waals surface area contributed by atoms with E-state index in [0.29, 0.717) is 0 Å². The molecule has 4 heteroatoms. The Bertz CT molecular complexity index is 518.